The maximum atomic E-state index is 12.8. The number of allylic oxidation sites excluding steroid dienone is 14. The molecule has 0 N–H and O–H groups in total. The Hall–Kier alpha value is -3.49. The Kier molecular flexibility index (Phi) is 41.6. The molecule has 8 heteroatoms. The number of hydrogen-bond acceptors (Lipinski definition) is 7. The number of ether oxygens (including phenoxy) is 3. The van der Waals surface area contributed by atoms with E-state index in [2.05, 4.69) is 98.9 Å². The lowest BCUT2D eigenvalue weighted by Crippen LogP contribution is -2.55. The number of likely N-dealkylation sites (N-methyl/N-ethyl adjacent to an activating group) is 1. The highest BCUT2D eigenvalue weighted by Crippen LogP contribution is 2.13. The van der Waals surface area contributed by atoms with Gasteiger partial charge in [-0.25, -0.2) is 0 Å². The fourth-order valence-corrected chi connectivity index (χ4v) is 6.65. The summed E-state index contributed by atoms with van der Waals surface area (Å²) < 4.78 is 17.2. The van der Waals surface area contributed by atoms with E-state index in [1.165, 1.54) is 70.6 Å². The molecule has 0 radical (unpaired) electrons. The number of aliphatic carboxylic acids is 1. The summed E-state index contributed by atoms with van der Waals surface area (Å²) in [4.78, 5) is 37.0. The van der Waals surface area contributed by atoms with E-state index in [0.29, 0.717) is 12.8 Å². The highest BCUT2D eigenvalue weighted by Gasteiger charge is 2.25. The molecule has 8 nitrogen and oxygen atoms in total. The molecule has 0 aliphatic rings. The number of unbranched alkanes of at least 4 members (excludes halogenated alkanes) is 15. The Balaban J connectivity index is 4.39. The first-order valence-electron chi connectivity index (χ1n) is 24.6. The van der Waals surface area contributed by atoms with E-state index >= 15 is 0 Å². The minimum absolute atomic E-state index is 0.0190. The molecule has 0 bridgehead atoms. The second kappa shape index (κ2) is 44.1. The molecule has 62 heavy (non-hydrogen) atoms. The van der Waals surface area contributed by atoms with Crippen LogP contribution in [0.4, 0.5) is 0 Å². The fourth-order valence-electron chi connectivity index (χ4n) is 6.65. The van der Waals surface area contributed by atoms with Gasteiger partial charge in [0, 0.05) is 19.3 Å². The smallest absolute Gasteiger partial charge is 0.306 e. The topological polar surface area (TPSA) is 102 Å². The predicted molar refractivity (Wildman–Crippen MR) is 258 cm³/mol. The van der Waals surface area contributed by atoms with E-state index in [1.54, 1.807) is 21.1 Å². The first-order chi connectivity index (χ1) is 30.1. The Morgan fingerprint density at radius 1 is 0.484 bits per heavy atom. The van der Waals surface area contributed by atoms with Crippen LogP contribution in [0.2, 0.25) is 0 Å². The number of rotatable bonds is 43. The molecule has 0 aromatic rings. The van der Waals surface area contributed by atoms with Crippen LogP contribution in [0, 0.1) is 0 Å². The number of carboxylic acid groups (broad SMARTS) is 1. The Morgan fingerprint density at radius 2 is 0.855 bits per heavy atom. The van der Waals surface area contributed by atoms with Crippen LogP contribution in [0.25, 0.3) is 0 Å². The van der Waals surface area contributed by atoms with Gasteiger partial charge in [-0.1, -0.05) is 157 Å². The van der Waals surface area contributed by atoms with Gasteiger partial charge in [-0.15, -0.1) is 0 Å². The van der Waals surface area contributed by atoms with E-state index in [4.69, 9.17) is 14.2 Å². The minimum atomic E-state index is -1.14. The van der Waals surface area contributed by atoms with Gasteiger partial charge < -0.3 is 28.6 Å². The molecule has 0 aromatic heterocycles. The van der Waals surface area contributed by atoms with Gasteiger partial charge in [-0.05, 0) is 96.3 Å². The molecule has 0 saturated heterocycles. The summed E-state index contributed by atoms with van der Waals surface area (Å²) in [5.41, 5.74) is 0. The summed E-state index contributed by atoms with van der Waals surface area (Å²) in [6, 6.07) is -0.739. The van der Waals surface area contributed by atoms with E-state index in [9.17, 15) is 19.5 Å². The van der Waals surface area contributed by atoms with Gasteiger partial charge in [0.2, 0.25) is 0 Å². The first kappa shape index (κ1) is 58.5. The number of carboxylic acids is 1. The maximum absolute atomic E-state index is 12.8. The van der Waals surface area contributed by atoms with Crippen LogP contribution >= 0.6 is 0 Å². The number of quaternary nitrogens is 1. The van der Waals surface area contributed by atoms with Gasteiger partial charge in [0.1, 0.15) is 12.6 Å². The van der Waals surface area contributed by atoms with Crippen molar-refractivity contribution >= 4 is 17.9 Å². The van der Waals surface area contributed by atoms with Crippen molar-refractivity contribution in [1.29, 1.82) is 0 Å². The molecule has 0 fully saturated rings. The zero-order valence-electron chi connectivity index (χ0n) is 40.3. The molecular formula is C54H91NO7. The SMILES string of the molecule is CCCCC/C=C/C/C=C/C/C=C/C/C=C/C/C=C/CCCCC(=O)OCC(COCCC(C(=O)[O-])[N+](C)(C)C)OC(=O)CCCCCCCCC/C=C/C/C=C/CCCCC. The summed E-state index contributed by atoms with van der Waals surface area (Å²) in [7, 11) is 5.39. The first-order valence-corrected chi connectivity index (χ1v) is 24.6. The quantitative estimate of drug-likeness (QED) is 0.0260. The lowest BCUT2D eigenvalue weighted by atomic mass is 10.1. The number of carbonyl (C=O) groups is 3. The van der Waals surface area contributed by atoms with Gasteiger partial charge in [-0.3, -0.25) is 9.59 Å². The third-order valence-corrected chi connectivity index (χ3v) is 10.5. The van der Waals surface area contributed by atoms with Crippen LogP contribution in [0.1, 0.15) is 187 Å². The van der Waals surface area contributed by atoms with Crippen molar-refractivity contribution < 1.29 is 38.2 Å². The number of hydrogen-bond donors (Lipinski definition) is 0. The number of carbonyl (C=O) groups excluding carboxylic acids is 3. The van der Waals surface area contributed by atoms with E-state index in [-0.39, 0.29) is 49.1 Å². The molecule has 0 aliphatic heterocycles. The van der Waals surface area contributed by atoms with Crippen LogP contribution in [0.5, 0.6) is 0 Å². The highest BCUT2D eigenvalue weighted by molar-refractivity contribution is 5.70. The summed E-state index contributed by atoms with van der Waals surface area (Å²) in [5.74, 6) is -1.81. The van der Waals surface area contributed by atoms with Crippen molar-refractivity contribution in [2.24, 2.45) is 0 Å². The molecule has 2 unspecified atom stereocenters. The Morgan fingerprint density at radius 3 is 1.29 bits per heavy atom. The van der Waals surface area contributed by atoms with Crippen molar-refractivity contribution in [3.8, 4) is 0 Å². The number of nitrogens with zero attached hydrogens (tertiary/aromatic N) is 1. The monoisotopic (exact) mass is 866 g/mol. The molecule has 0 saturated carbocycles. The van der Waals surface area contributed by atoms with Gasteiger partial charge in [0.05, 0.1) is 40.3 Å². The summed E-state index contributed by atoms with van der Waals surface area (Å²) >= 11 is 0. The van der Waals surface area contributed by atoms with Crippen LogP contribution in [0.15, 0.2) is 85.1 Å². The van der Waals surface area contributed by atoms with Crippen molar-refractivity contribution in [2.45, 2.75) is 199 Å². The van der Waals surface area contributed by atoms with Crippen LogP contribution in [-0.4, -0.2) is 75.5 Å². The third-order valence-electron chi connectivity index (χ3n) is 10.5. The molecule has 0 heterocycles. The molecular weight excluding hydrogens is 775 g/mol. The maximum Gasteiger partial charge on any atom is 0.306 e. The fraction of sp³-hybridized carbons (Fsp3) is 0.685. The average molecular weight is 866 g/mol. The zero-order valence-corrected chi connectivity index (χ0v) is 40.3. The standard InChI is InChI=1S/C54H91NO7/c1-6-8-10-12-14-16-18-20-22-24-25-26-27-29-30-32-34-36-38-40-42-44-52(56)61-49-50(48-60-47-46-51(54(58)59)55(3,4)5)62-53(57)45-43-41-39-37-35-33-31-28-23-21-19-17-15-13-11-9-7-2/h14-17,20-23,25-26,29-30,34,36,50-51H,6-13,18-19,24,27-28,31-33,35,37-49H2,1-5H3/b16-14+,17-15+,22-20+,23-21+,26-25+,30-29+,36-34+. The lowest BCUT2D eigenvalue weighted by molar-refractivity contribution is -0.889. The van der Waals surface area contributed by atoms with Crippen molar-refractivity contribution in [1.82, 2.24) is 0 Å². The molecule has 354 valence electrons. The predicted octanol–water partition coefficient (Wildman–Crippen LogP) is 12.7. The Bertz CT molecular complexity index is 1290. The van der Waals surface area contributed by atoms with Crippen LogP contribution in [0.3, 0.4) is 0 Å². The largest absolute Gasteiger partial charge is 0.544 e. The van der Waals surface area contributed by atoms with E-state index in [1.807, 2.05) is 0 Å². The minimum Gasteiger partial charge on any atom is -0.544 e. The van der Waals surface area contributed by atoms with Gasteiger partial charge in [0.15, 0.2) is 6.10 Å². The third kappa shape index (κ3) is 41.8. The second-order valence-corrected chi connectivity index (χ2v) is 17.3. The normalized spacial score (nSPS) is 13.6. The average Bonchev–Trinajstić information content (AvgIpc) is 3.23. The molecule has 0 aliphatic carbocycles. The molecule has 0 aromatic carbocycles. The molecule has 2 atom stereocenters. The molecule has 0 rings (SSSR count). The summed E-state index contributed by atoms with van der Waals surface area (Å²) in [5, 5.41) is 11.7. The summed E-state index contributed by atoms with van der Waals surface area (Å²) in [6.45, 7) is 4.55. The van der Waals surface area contributed by atoms with Crippen LogP contribution in [-0.2, 0) is 28.6 Å². The van der Waals surface area contributed by atoms with Gasteiger partial charge >= 0.3 is 11.9 Å². The van der Waals surface area contributed by atoms with Gasteiger partial charge in [-0.2, -0.15) is 0 Å². The molecule has 0 amide bonds. The van der Waals surface area contributed by atoms with Crippen molar-refractivity contribution in [3.63, 3.8) is 0 Å². The number of esters is 2. The van der Waals surface area contributed by atoms with Crippen LogP contribution < -0.4 is 5.11 Å². The lowest BCUT2D eigenvalue weighted by Gasteiger charge is -2.34. The van der Waals surface area contributed by atoms with Crippen molar-refractivity contribution in [2.75, 3.05) is 41.0 Å². The van der Waals surface area contributed by atoms with E-state index in [0.717, 1.165) is 77.0 Å². The molecule has 0 spiro atoms. The zero-order chi connectivity index (χ0) is 45.6. The summed E-state index contributed by atoms with van der Waals surface area (Å²) in [6.07, 6.45) is 57.5. The van der Waals surface area contributed by atoms with Crippen molar-refractivity contribution in [3.05, 3.63) is 85.1 Å². The second-order valence-electron chi connectivity index (χ2n) is 17.3. The Labute approximate surface area is 380 Å². The van der Waals surface area contributed by atoms with Gasteiger partial charge in [0.25, 0.3) is 0 Å². The highest BCUT2D eigenvalue weighted by atomic mass is 16.6. The van der Waals surface area contributed by atoms with E-state index < -0.39 is 18.1 Å².